The Bertz CT molecular complexity index is 957. The fourth-order valence-electron chi connectivity index (χ4n) is 3.14. The van der Waals surface area contributed by atoms with Crippen molar-refractivity contribution in [2.45, 2.75) is 52.2 Å². The minimum atomic E-state index is -0.369. The van der Waals surface area contributed by atoms with Crippen molar-refractivity contribution < 1.29 is 9.63 Å². The molecule has 0 saturated heterocycles. The van der Waals surface area contributed by atoms with Crippen LogP contribution in [0.4, 0.5) is 11.5 Å². The monoisotopic (exact) mass is 378 g/mol. The second kappa shape index (κ2) is 6.63. The first-order valence-corrected chi connectivity index (χ1v) is 9.58. The van der Waals surface area contributed by atoms with Crippen molar-refractivity contribution in [1.82, 2.24) is 10.3 Å². The van der Waals surface area contributed by atoms with Gasteiger partial charge in [-0.1, -0.05) is 12.6 Å². The highest BCUT2D eigenvalue weighted by atomic mass is 16.7. The number of hydrogen-bond acceptors (Lipinski definition) is 5. The Morgan fingerprint density at radius 1 is 1.32 bits per heavy atom. The number of nitrogens with zero attached hydrogens (tertiary/aromatic N) is 2. The summed E-state index contributed by atoms with van der Waals surface area (Å²) in [6, 6.07) is 8.14. The zero-order chi connectivity index (χ0) is 20.1. The van der Waals surface area contributed by atoms with Gasteiger partial charge in [0.25, 0.3) is 5.91 Å². The van der Waals surface area contributed by atoms with Crippen molar-refractivity contribution in [3.63, 3.8) is 0 Å². The van der Waals surface area contributed by atoms with Gasteiger partial charge in [0.1, 0.15) is 5.82 Å². The van der Waals surface area contributed by atoms with Gasteiger partial charge in [0.15, 0.2) is 5.82 Å². The molecule has 0 radical (unpaired) electrons. The molecule has 2 heterocycles. The van der Waals surface area contributed by atoms with Crippen LogP contribution in [-0.4, -0.2) is 22.5 Å². The molecule has 1 aliphatic carbocycles. The van der Waals surface area contributed by atoms with E-state index in [4.69, 9.17) is 4.84 Å². The van der Waals surface area contributed by atoms with Crippen LogP contribution >= 0.6 is 0 Å². The molecule has 0 atom stereocenters. The first-order valence-electron chi connectivity index (χ1n) is 9.58. The van der Waals surface area contributed by atoms with Crippen LogP contribution in [0, 0.1) is 6.92 Å². The van der Waals surface area contributed by atoms with Gasteiger partial charge >= 0.3 is 0 Å². The summed E-state index contributed by atoms with van der Waals surface area (Å²) in [5.74, 6) is 1.29. The van der Waals surface area contributed by atoms with E-state index >= 15 is 0 Å². The number of amides is 1. The van der Waals surface area contributed by atoms with Gasteiger partial charge in [-0.05, 0) is 69.9 Å². The number of nitrogens with one attached hydrogen (secondary N) is 2. The third kappa shape index (κ3) is 3.73. The number of pyridine rings is 1. The van der Waals surface area contributed by atoms with Gasteiger partial charge in [0.2, 0.25) is 0 Å². The number of carbonyl (C=O) groups is 1. The number of hydroxylamine groups is 1. The van der Waals surface area contributed by atoms with Crippen LogP contribution in [0.2, 0.25) is 0 Å². The summed E-state index contributed by atoms with van der Waals surface area (Å²) in [5, 5.41) is 7.91. The molecule has 1 amide bonds. The number of aromatic nitrogens is 1. The average Bonchev–Trinajstić information content (AvgIpc) is 3.38. The highest BCUT2D eigenvalue weighted by Gasteiger charge is 2.30. The Balaban J connectivity index is 1.65. The van der Waals surface area contributed by atoms with E-state index in [1.165, 1.54) is 0 Å². The minimum absolute atomic E-state index is 0.0193. The molecule has 0 spiro atoms. The lowest BCUT2D eigenvalue weighted by Crippen LogP contribution is -2.32. The van der Waals surface area contributed by atoms with Gasteiger partial charge in [-0.25, -0.2) is 4.98 Å². The van der Waals surface area contributed by atoms with Crippen LogP contribution < -0.4 is 15.7 Å². The third-order valence-electron chi connectivity index (χ3n) is 4.67. The number of carbonyl (C=O) groups excluding carboxylic acids is 1. The number of hydrogen-bond donors (Lipinski definition) is 2. The number of anilines is 2. The van der Waals surface area contributed by atoms with Gasteiger partial charge in [0.05, 0.1) is 11.3 Å². The first-order chi connectivity index (χ1) is 13.2. The Kier molecular flexibility index (Phi) is 4.38. The van der Waals surface area contributed by atoms with Gasteiger partial charge < -0.3 is 10.6 Å². The molecule has 0 unspecified atom stereocenters. The van der Waals surface area contributed by atoms with Crippen LogP contribution in [0.15, 0.2) is 42.9 Å². The molecular formula is C22H26N4O2. The lowest BCUT2D eigenvalue weighted by Gasteiger charge is -2.27. The van der Waals surface area contributed by atoms with Crippen LogP contribution in [0.3, 0.4) is 0 Å². The lowest BCUT2D eigenvalue weighted by atomic mass is 9.98. The molecule has 4 rings (SSSR count). The fraction of sp³-hybridized carbons (Fsp3) is 0.364. The molecular weight excluding hydrogens is 352 g/mol. The number of rotatable bonds is 4. The molecule has 1 aromatic carbocycles. The smallest absolute Gasteiger partial charge is 0.251 e. The van der Waals surface area contributed by atoms with Crippen molar-refractivity contribution in [1.29, 1.82) is 0 Å². The van der Waals surface area contributed by atoms with Gasteiger partial charge in [-0.3, -0.25) is 9.63 Å². The molecule has 6 heteroatoms. The standard InChI is InChI=1S/C22H26N4O2/c1-13-6-7-15(21(27)25-17-8-9-17)10-18(13)16-11-19-20(23-12-16)26(14(2)24-19)28-22(3,4)5/h6-7,10-12,17,24H,2,8-9H2,1,3-5H3,(H,25,27). The molecule has 1 aromatic heterocycles. The fourth-order valence-corrected chi connectivity index (χ4v) is 3.14. The Morgan fingerprint density at radius 3 is 2.75 bits per heavy atom. The summed E-state index contributed by atoms with van der Waals surface area (Å²) in [6.45, 7) is 12.0. The van der Waals surface area contributed by atoms with E-state index < -0.39 is 0 Å². The molecule has 2 N–H and O–H groups in total. The molecule has 6 nitrogen and oxygen atoms in total. The van der Waals surface area contributed by atoms with Crippen molar-refractivity contribution >= 4 is 17.4 Å². The van der Waals surface area contributed by atoms with Crippen molar-refractivity contribution in [3.8, 4) is 11.1 Å². The van der Waals surface area contributed by atoms with E-state index in [2.05, 4.69) is 22.2 Å². The minimum Gasteiger partial charge on any atom is -0.349 e. The highest BCUT2D eigenvalue weighted by molar-refractivity contribution is 5.96. The zero-order valence-electron chi connectivity index (χ0n) is 16.8. The zero-order valence-corrected chi connectivity index (χ0v) is 16.8. The quantitative estimate of drug-likeness (QED) is 0.826. The highest BCUT2D eigenvalue weighted by Crippen LogP contribution is 2.38. The lowest BCUT2D eigenvalue weighted by molar-refractivity contribution is -0.00862. The van der Waals surface area contributed by atoms with Crippen LogP contribution in [-0.2, 0) is 4.84 Å². The number of aryl methyl sites for hydroxylation is 1. The normalized spacial score (nSPS) is 16.0. The molecule has 2 aromatic rings. The Labute approximate surface area is 165 Å². The topological polar surface area (TPSA) is 66.5 Å². The van der Waals surface area contributed by atoms with Gasteiger partial charge in [-0.2, -0.15) is 5.06 Å². The number of benzene rings is 1. The van der Waals surface area contributed by atoms with E-state index in [-0.39, 0.29) is 11.5 Å². The maximum absolute atomic E-state index is 12.4. The largest absolute Gasteiger partial charge is 0.349 e. The van der Waals surface area contributed by atoms with E-state index in [0.717, 1.165) is 35.2 Å². The summed E-state index contributed by atoms with van der Waals surface area (Å²) in [4.78, 5) is 23.0. The van der Waals surface area contributed by atoms with Crippen LogP contribution in [0.5, 0.6) is 0 Å². The molecule has 2 aliphatic rings. The molecule has 0 bridgehead atoms. The van der Waals surface area contributed by atoms with E-state index in [9.17, 15) is 4.79 Å². The summed E-state index contributed by atoms with van der Waals surface area (Å²) >= 11 is 0. The molecule has 1 aliphatic heterocycles. The second-order valence-electron chi connectivity index (χ2n) is 8.44. The van der Waals surface area contributed by atoms with Gasteiger partial charge in [-0.15, -0.1) is 0 Å². The summed E-state index contributed by atoms with van der Waals surface area (Å²) in [5.41, 5.74) is 4.15. The van der Waals surface area contributed by atoms with E-state index in [0.29, 0.717) is 23.2 Å². The third-order valence-corrected chi connectivity index (χ3v) is 4.67. The van der Waals surface area contributed by atoms with Crippen molar-refractivity contribution in [3.05, 3.63) is 54.0 Å². The molecule has 146 valence electrons. The summed E-state index contributed by atoms with van der Waals surface area (Å²) in [7, 11) is 0. The van der Waals surface area contributed by atoms with Crippen LogP contribution in [0.1, 0.15) is 49.5 Å². The van der Waals surface area contributed by atoms with Crippen molar-refractivity contribution in [2.24, 2.45) is 0 Å². The molecule has 1 fully saturated rings. The molecule has 1 saturated carbocycles. The maximum Gasteiger partial charge on any atom is 0.251 e. The average molecular weight is 378 g/mol. The number of fused-ring (bicyclic) bond motifs is 1. The van der Waals surface area contributed by atoms with Crippen molar-refractivity contribution in [2.75, 3.05) is 10.4 Å². The summed E-state index contributed by atoms with van der Waals surface area (Å²) < 4.78 is 0. The predicted octanol–water partition coefficient (Wildman–Crippen LogP) is 4.38. The van der Waals surface area contributed by atoms with Gasteiger partial charge in [0, 0.05) is 23.4 Å². The summed E-state index contributed by atoms with van der Waals surface area (Å²) in [6.07, 6.45) is 3.95. The predicted molar refractivity (Wildman–Crippen MR) is 111 cm³/mol. The maximum atomic E-state index is 12.4. The van der Waals surface area contributed by atoms with E-state index in [1.807, 2.05) is 58.2 Å². The van der Waals surface area contributed by atoms with Crippen LogP contribution in [0.25, 0.3) is 11.1 Å². The molecule has 28 heavy (non-hydrogen) atoms. The Hall–Kier alpha value is -2.86. The second-order valence-corrected chi connectivity index (χ2v) is 8.44. The SMILES string of the molecule is C=C1Nc2cc(-c3cc(C(=O)NC4CC4)ccc3C)cnc2N1OC(C)(C)C. The Morgan fingerprint density at radius 2 is 2.07 bits per heavy atom. The first kappa shape index (κ1) is 18.5. The van der Waals surface area contributed by atoms with E-state index in [1.54, 1.807) is 5.06 Å².